The molecule has 0 amide bonds. The van der Waals surface area contributed by atoms with E-state index in [-0.39, 0.29) is 39.7 Å². The quantitative estimate of drug-likeness (QED) is 0.239. The third kappa shape index (κ3) is 4.77. The third-order valence-corrected chi connectivity index (χ3v) is 13.1. The maximum absolute atomic E-state index is 11.8. The van der Waals surface area contributed by atoms with Crippen LogP contribution in [0.5, 0.6) is 0 Å². The van der Waals surface area contributed by atoms with Gasteiger partial charge in [-0.3, -0.25) is 9.59 Å². The van der Waals surface area contributed by atoms with Crippen molar-refractivity contribution in [3.63, 3.8) is 0 Å². The SMILES string of the molecule is CC(=O)O[C@H]1CC2=CC[C@H]3[C@@H]4CC[C@H](OC(C)=O)[C@@]4(C)CC[C@@H]3[C@@]2(C)[C@@H](SSC(C)(C)C)C1. The van der Waals surface area contributed by atoms with Crippen molar-refractivity contribution in [3.05, 3.63) is 11.6 Å². The standard InChI is InChI=1S/C27H42O4S2/c1-16(28)30-19-14-18-8-9-20-21-10-11-23(31-17(2)29)26(21,6)13-12-22(20)27(18,7)24(15-19)32-33-25(3,4)5/h8,19-24H,9-15H2,1-7H3/t19-,20-,21-,22-,23-,24-,26-,27-/m0/s1. The molecule has 0 saturated heterocycles. The maximum atomic E-state index is 11.8. The lowest BCUT2D eigenvalue weighted by atomic mass is 9.47. The molecule has 6 heteroatoms. The van der Waals surface area contributed by atoms with E-state index >= 15 is 0 Å². The van der Waals surface area contributed by atoms with Gasteiger partial charge in [-0.15, -0.1) is 0 Å². The zero-order valence-corrected chi connectivity index (χ0v) is 23.1. The van der Waals surface area contributed by atoms with Crippen LogP contribution in [-0.4, -0.2) is 34.1 Å². The normalized spacial score (nSPS) is 42.5. The summed E-state index contributed by atoms with van der Waals surface area (Å²) in [7, 11) is 4.00. The highest BCUT2D eigenvalue weighted by Crippen LogP contribution is 2.67. The van der Waals surface area contributed by atoms with Crippen molar-refractivity contribution in [1.82, 2.24) is 0 Å². The summed E-state index contributed by atoms with van der Waals surface area (Å²) in [5, 5.41) is 0.425. The Morgan fingerprint density at radius 3 is 2.36 bits per heavy atom. The Bertz CT molecular complexity index is 817. The lowest BCUT2D eigenvalue weighted by Gasteiger charge is -2.60. The summed E-state index contributed by atoms with van der Waals surface area (Å²) >= 11 is 0. The summed E-state index contributed by atoms with van der Waals surface area (Å²) in [6.07, 6.45) is 10.00. The van der Waals surface area contributed by atoms with Gasteiger partial charge < -0.3 is 9.47 Å². The summed E-state index contributed by atoms with van der Waals surface area (Å²) < 4.78 is 11.8. The summed E-state index contributed by atoms with van der Waals surface area (Å²) in [5.41, 5.74) is 1.75. The lowest BCUT2D eigenvalue weighted by molar-refractivity contribution is -0.156. The fourth-order valence-electron chi connectivity index (χ4n) is 7.67. The topological polar surface area (TPSA) is 52.6 Å². The average molecular weight is 495 g/mol. The van der Waals surface area contributed by atoms with Crippen molar-refractivity contribution < 1.29 is 19.1 Å². The molecule has 0 spiro atoms. The molecule has 8 atom stereocenters. The predicted molar refractivity (Wildman–Crippen MR) is 137 cm³/mol. The molecule has 33 heavy (non-hydrogen) atoms. The smallest absolute Gasteiger partial charge is 0.302 e. The van der Waals surface area contributed by atoms with Gasteiger partial charge in [0.2, 0.25) is 0 Å². The summed E-state index contributed by atoms with van der Waals surface area (Å²) in [5.74, 6) is 1.60. The Kier molecular flexibility index (Phi) is 7.03. The van der Waals surface area contributed by atoms with Gasteiger partial charge in [-0.1, -0.05) is 67.9 Å². The van der Waals surface area contributed by atoms with Crippen molar-refractivity contribution in [1.29, 1.82) is 0 Å². The molecule has 0 N–H and O–H groups in total. The van der Waals surface area contributed by atoms with Crippen LogP contribution >= 0.6 is 21.6 Å². The number of ether oxygens (including phenoxy) is 2. The van der Waals surface area contributed by atoms with E-state index in [0.29, 0.717) is 23.0 Å². The van der Waals surface area contributed by atoms with Crippen LogP contribution in [0.1, 0.15) is 93.4 Å². The zero-order valence-electron chi connectivity index (χ0n) is 21.4. The minimum Gasteiger partial charge on any atom is -0.462 e. The van der Waals surface area contributed by atoms with E-state index in [1.807, 2.05) is 21.6 Å². The van der Waals surface area contributed by atoms with E-state index in [4.69, 9.17) is 9.47 Å². The molecule has 0 radical (unpaired) electrons. The second-order valence-corrected chi connectivity index (χ2v) is 15.5. The van der Waals surface area contributed by atoms with E-state index < -0.39 is 0 Å². The van der Waals surface area contributed by atoms with E-state index in [0.717, 1.165) is 32.1 Å². The lowest BCUT2D eigenvalue weighted by Crippen LogP contribution is -2.55. The second-order valence-electron chi connectivity index (χ2n) is 12.3. The van der Waals surface area contributed by atoms with Gasteiger partial charge >= 0.3 is 11.9 Å². The van der Waals surface area contributed by atoms with Crippen molar-refractivity contribution in [3.8, 4) is 0 Å². The Hall–Kier alpha value is -0.620. The third-order valence-electron chi connectivity index (χ3n) is 9.10. The molecular weight excluding hydrogens is 452 g/mol. The molecule has 4 aliphatic carbocycles. The monoisotopic (exact) mass is 494 g/mol. The Morgan fingerprint density at radius 2 is 1.73 bits per heavy atom. The Labute approximate surface area is 208 Å². The molecular formula is C27H42O4S2. The largest absolute Gasteiger partial charge is 0.462 e. The number of carbonyl (C=O) groups is 2. The van der Waals surface area contributed by atoms with Gasteiger partial charge in [-0.25, -0.2) is 0 Å². The van der Waals surface area contributed by atoms with Crippen molar-refractivity contribution in [2.24, 2.45) is 28.6 Å². The van der Waals surface area contributed by atoms with Gasteiger partial charge in [-0.2, -0.15) is 0 Å². The number of esters is 2. The molecule has 0 unspecified atom stereocenters. The number of hydrogen-bond acceptors (Lipinski definition) is 6. The highest BCUT2D eigenvalue weighted by Gasteiger charge is 2.61. The Morgan fingerprint density at radius 1 is 1.03 bits per heavy atom. The molecule has 3 fully saturated rings. The first-order chi connectivity index (χ1) is 15.3. The molecule has 0 aromatic carbocycles. The number of fused-ring (bicyclic) bond motifs is 5. The van der Waals surface area contributed by atoms with Crippen LogP contribution in [0, 0.1) is 28.6 Å². The average Bonchev–Trinajstić information content (AvgIpc) is 3.01. The van der Waals surface area contributed by atoms with Crippen LogP contribution in [0.15, 0.2) is 11.6 Å². The highest BCUT2D eigenvalue weighted by molar-refractivity contribution is 8.77. The Balaban J connectivity index is 1.63. The second kappa shape index (κ2) is 9.11. The van der Waals surface area contributed by atoms with Crippen LogP contribution < -0.4 is 0 Å². The van der Waals surface area contributed by atoms with Crippen molar-refractivity contribution in [2.45, 2.75) is 116 Å². The van der Waals surface area contributed by atoms with E-state index in [1.165, 1.54) is 25.3 Å². The number of carbonyl (C=O) groups excluding carboxylic acids is 2. The van der Waals surface area contributed by atoms with E-state index in [1.54, 1.807) is 6.92 Å². The fraction of sp³-hybridized carbons (Fsp3) is 0.852. The van der Waals surface area contributed by atoms with Crippen molar-refractivity contribution >= 4 is 33.5 Å². The van der Waals surface area contributed by atoms with E-state index in [2.05, 4.69) is 40.7 Å². The number of hydrogen-bond donors (Lipinski definition) is 0. The first-order valence-electron chi connectivity index (χ1n) is 12.7. The van der Waals surface area contributed by atoms with Crippen LogP contribution in [0.25, 0.3) is 0 Å². The van der Waals surface area contributed by atoms with Crippen molar-refractivity contribution in [2.75, 3.05) is 0 Å². The van der Waals surface area contributed by atoms with Gasteiger partial charge in [0, 0.05) is 41.1 Å². The molecule has 186 valence electrons. The predicted octanol–water partition coefficient (Wildman–Crippen LogP) is 6.97. The maximum Gasteiger partial charge on any atom is 0.302 e. The minimum atomic E-state index is -0.166. The molecule has 0 bridgehead atoms. The summed E-state index contributed by atoms with van der Waals surface area (Å²) in [6.45, 7) is 14.8. The van der Waals surface area contributed by atoms with Gasteiger partial charge in [0.25, 0.3) is 0 Å². The molecule has 4 nitrogen and oxygen atoms in total. The van der Waals surface area contributed by atoms with Gasteiger partial charge in [0.15, 0.2) is 0 Å². The summed E-state index contributed by atoms with van der Waals surface area (Å²) in [6, 6.07) is 0. The molecule has 0 aromatic rings. The molecule has 0 heterocycles. The van der Waals surface area contributed by atoms with Gasteiger partial charge in [0.05, 0.1) is 0 Å². The molecule has 0 aromatic heterocycles. The molecule has 4 aliphatic rings. The van der Waals surface area contributed by atoms with Crippen LogP contribution in [0.2, 0.25) is 0 Å². The van der Waals surface area contributed by atoms with Crippen LogP contribution in [0.4, 0.5) is 0 Å². The molecule has 3 saturated carbocycles. The summed E-state index contributed by atoms with van der Waals surface area (Å²) in [4.78, 5) is 23.5. The minimum absolute atomic E-state index is 0.00914. The van der Waals surface area contributed by atoms with Gasteiger partial charge in [-0.05, 0) is 56.3 Å². The van der Waals surface area contributed by atoms with Gasteiger partial charge in [0.1, 0.15) is 12.2 Å². The fourth-order valence-corrected chi connectivity index (χ4v) is 10.9. The molecule has 4 rings (SSSR count). The highest BCUT2D eigenvalue weighted by atomic mass is 33.1. The zero-order chi connectivity index (χ0) is 24.2. The molecule has 0 aliphatic heterocycles. The number of rotatable bonds is 4. The number of allylic oxidation sites excluding steroid dienone is 1. The first kappa shape index (κ1) is 25.5. The van der Waals surface area contributed by atoms with Crippen LogP contribution in [-0.2, 0) is 19.1 Å². The van der Waals surface area contributed by atoms with E-state index in [9.17, 15) is 9.59 Å². The first-order valence-corrected chi connectivity index (χ1v) is 14.9. The van der Waals surface area contributed by atoms with Crippen LogP contribution in [0.3, 0.4) is 0 Å².